The maximum absolute atomic E-state index is 8.85. The SMILES string of the molecule is CC(C)(C#N)CCOC1CCCC(N)C1. The quantitative estimate of drug-likeness (QED) is 0.774. The van der Waals surface area contributed by atoms with Crippen LogP contribution in [0.25, 0.3) is 0 Å². The first-order valence-corrected chi connectivity index (χ1v) is 5.82. The van der Waals surface area contributed by atoms with Gasteiger partial charge in [0.2, 0.25) is 0 Å². The van der Waals surface area contributed by atoms with E-state index < -0.39 is 0 Å². The molecule has 3 heteroatoms. The van der Waals surface area contributed by atoms with E-state index in [0.717, 1.165) is 25.7 Å². The van der Waals surface area contributed by atoms with Gasteiger partial charge in [0.05, 0.1) is 17.6 Å². The molecule has 86 valence electrons. The topological polar surface area (TPSA) is 59.0 Å². The maximum atomic E-state index is 8.85. The van der Waals surface area contributed by atoms with Crippen LogP contribution < -0.4 is 5.73 Å². The van der Waals surface area contributed by atoms with E-state index in [1.54, 1.807) is 0 Å². The van der Waals surface area contributed by atoms with Gasteiger partial charge >= 0.3 is 0 Å². The molecule has 3 nitrogen and oxygen atoms in total. The smallest absolute Gasteiger partial charge is 0.0684 e. The molecule has 2 unspecified atom stereocenters. The van der Waals surface area contributed by atoms with Gasteiger partial charge in [-0.3, -0.25) is 0 Å². The van der Waals surface area contributed by atoms with Gasteiger partial charge in [-0.15, -0.1) is 0 Å². The van der Waals surface area contributed by atoms with Crippen molar-refractivity contribution in [1.29, 1.82) is 5.26 Å². The third-order valence-electron chi connectivity index (χ3n) is 3.05. The Morgan fingerprint density at radius 1 is 1.47 bits per heavy atom. The van der Waals surface area contributed by atoms with Crippen LogP contribution >= 0.6 is 0 Å². The van der Waals surface area contributed by atoms with Crippen LogP contribution in [-0.4, -0.2) is 18.8 Å². The van der Waals surface area contributed by atoms with Gasteiger partial charge in [0, 0.05) is 12.6 Å². The van der Waals surface area contributed by atoms with Gasteiger partial charge in [-0.2, -0.15) is 5.26 Å². The van der Waals surface area contributed by atoms with Crippen LogP contribution in [0.5, 0.6) is 0 Å². The van der Waals surface area contributed by atoms with Gasteiger partial charge in [-0.1, -0.05) is 0 Å². The minimum Gasteiger partial charge on any atom is -0.378 e. The Labute approximate surface area is 92.6 Å². The molecule has 0 amide bonds. The molecule has 1 aliphatic carbocycles. The van der Waals surface area contributed by atoms with E-state index in [4.69, 9.17) is 15.7 Å². The zero-order chi connectivity index (χ0) is 11.3. The highest BCUT2D eigenvalue weighted by Crippen LogP contribution is 2.22. The Bertz CT molecular complexity index is 232. The van der Waals surface area contributed by atoms with Crippen molar-refractivity contribution < 1.29 is 4.74 Å². The summed E-state index contributed by atoms with van der Waals surface area (Å²) >= 11 is 0. The fourth-order valence-electron chi connectivity index (χ4n) is 1.87. The number of nitriles is 1. The number of hydrogen-bond acceptors (Lipinski definition) is 3. The van der Waals surface area contributed by atoms with E-state index in [0.29, 0.717) is 18.8 Å². The molecule has 1 fully saturated rings. The van der Waals surface area contributed by atoms with Crippen LogP contribution in [0, 0.1) is 16.7 Å². The molecule has 0 spiro atoms. The number of rotatable bonds is 4. The predicted molar refractivity (Wildman–Crippen MR) is 60.2 cm³/mol. The molecule has 1 aliphatic rings. The molecule has 0 bridgehead atoms. The predicted octanol–water partition coefficient (Wildman–Crippen LogP) is 2.21. The summed E-state index contributed by atoms with van der Waals surface area (Å²) < 4.78 is 5.76. The first-order valence-electron chi connectivity index (χ1n) is 5.82. The van der Waals surface area contributed by atoms with Crippen molar-refractivity contribution in [2.24, 2.45) is 11.1 Å². The van der Waals surface area contributed by atoms with E-state index >= 15 is 0 Å². The van der Waals surface area contributed by atoms with Crippen molar-refractivity contribution in [3.05, 3.63) is 0 Å². The van der Waals surface area contributed by atoms with Crippen molar-refractivity contribution in [2.75, 3.05) is 6.61 Å². The molecule has 2 atom stereocenters. The lowest BCUT2D eigenvalue weighted by molar-refractivity contribution is 0.0144. The highest BCUT2D eigenvalue weighted by molar-refractivity contribution is 4.91. The van der Waals surface area contributed by atoms with E-state index in [2.05, 4.69) is 6.07 Å². The largest absolute Gasteiger partial charge is 0.378 e. The molecule has 15 heavy (non-hydrogen) atoms. The standard InChI is InChI=1S/C12H22N2O/c1-12(2,9-13)6-7-15-11-5-3-4-10(14)8-11/h10-11H,3-8,14H2,1-2H3. The summed E-state index contributed by atoms with van der Waals surface area (Å²) in [7, 11) is 0. The average molecular weight is 210 g/mol. The minimum absolute atomic E-state index is 0.267. The fourth-order valence-corrected chi connectivity index (χ4v) is 1.87. The average Bonchev–Trinajstić information content (AvgIpc) is 2.18. The Morgan fingerprint density at radius 3 is 2.80 bits per heavy atom. The lowest BCUT2D eigenvalue weighted by Gasteiger charge is -2.27. The number of hydrogen-bond donors (Lipinski definition) is 1. The summed E-state index contributed by atoms with van der Waals surface area (Å²) in [6, 6.07) is 2.60. The highest BCUT2D eigenvalue weighted by atomic mass is 16.5. The zero-order valence-electron chi connectivity index (χ0n) is 9.83. The molecule has 0 saturated heterocycles. The molecule has 2 N–H and O–H groups in total. The van der Waals surface area contributed by atoms with Gasteiger partial charge in [0.1, 0.15) is 0 Å². The lowest BCUT2D eigenvalue weighted by Crippen LogP contribution is -2.32. The summed E-state index contributed by atoms with van der Waals surface area (Å²) in [5.74, 6) is 0. The molecular formula is C12H22N2O. The lowest BCUT2D eigenvalue weighted by atomic mass is 9.91. The van der Waals surface area contributed by atoms with E-state index in [-0.39, 0.29) is 5.41 Å². The van der Waals surface area contributed by atoms with Crippen molar-refractivity contribution in [2.45, 2.75) is 58.1 Å². The van der Waals surface area contributed by atoms with Crippen LogP contribution in [-0.2, 0) is 4.74 Å². The number of nitrogens with zero attached hydrogens (tertiary/aromatic N) is 1. The van der Waals surface area contributed by atoms with Gasteiger partial charge in [-0.05, 0) is 46.0 Å². The van der Waals surface area contributed by atoms with E-state index in [1.807, 2.05) is 13.8 Å². The first kappa shape index (κ1) is 12.5. The molecule has 0 aromatic carbocycles. The Kier molecular flexibility index (Phi) is 4.56. The van der Waals surface area contributed by atoms with Crippen molar-refractivity contribution in [3.63, 3.8) is 0 Å². The molecule has 0 aromatic heterocycles. The molecule has 0 aromatic rings. The summed E-state index contributed by atoms with van der Waals surface area (Å²) in [6.45, 7) is 4.57. The third-order valence-corrected chi connectivity index (χ3v) is 3.05. The molecule has 1 rings (SSSR count). The van der Waals surface area contributed by atoms with Gasteiger partial charge < -0.3 is 10.5 Å². The van der Waals surface area contributed by atoms with Crippen LogP contribution in [0.15, 0.2) is 0 Å². The van der Waals surface area contributed by atoms with Gasteiger partial charge in [-0.25, -0.2) is 0 Å². The van der Waals surface area contributed by atoms with Crippen molar-refractivity contribution in [1.82, 2.24) is 0 Å². The monoisotopic (exact) mass is 210 g/mol. The van der Waals surface area contributed by atoms with E-state index in [9.17, 15) is 0 Å². The first-order chi connectivity index (χ1) is 7.03. The summed E-state index contributed by atoms with van der Waals surface area (Å²) in [5.41, 5.74) is 5.61. The molecule has 1 saturated carbocycles. The Hall–Kier alpha value is -0.590. The van der Waals surface area contributed by atoms with Crippen LogP contribution in [0.3, 0.4) is 0 Å². The second kappa shape index (κ2) is 5.48. The van der Waals surface area contributed by atoms with Crippen LogP contribution in [0.4, 0.5) is 0 Å². The summed E-state index contributed by atoms with van der Waals surface area (Å²) in [5, 5.41) is 8.85. The number of ether oxygens (including phenoxy) is 1. The molecule has 0 aliphatic heterocycles. The minimum atomic E-state index is -0.267. The van der Waals surface area contributed by atoms with Crippen molar-refractivity contribution >= 4 is 0 Å². The number of nitrogens with two attached hydrogens (primary N) is 1. The van der Waals surface area contributed by atoms with Crippen LogP contribution in [0.2, 0.25) is 0 Å². The summed E-state index contributed by atoms with van der Waals surface area (Å²) in [4.78, 5) is 0. The van der Waals surface area contributed by atoms with Crippen molar-refractivity contribution in [3.8, 4) is 6.07 Å². The highest BCUT2D eigenvalue weighted by Gasteiger charge is 2.21. The molecule has 0 heterocycles. The van der Waals surface area contributed by atoms with Crippen LogP contribution in [0.1, 0.15) is 46.0 Å². The zero-order valence-corrected chi connectivity index (χ0v) is 9.83. The Morgan fingerprint density at radius 2 is 2.20 bits per heavy atom. The third kappa shape index (κ3) is 4.63. The maximum Gasteiger partial charge on any atom is 0.0684 e. The molecular weight excluding hydrogens is 188 g/mol. The van der Waals surface area contributed by atoms with Gasteiger partial charge in [0.25, 0.3) is 0 Å². The second-order valence-electron chi connectivity index (χ2n) is 5.17. The summed E-state index contributed by atoms with van der Waals surface area (Å²) in [6.07, 6.45) is 5.53. The molecule has 0 radical (unpaired) electrons. The van der Waals surface area contributed by atoms with E-state index in [1.165, 1.54) is 6.42 Å². The Balaban J connectivity index is 2.18. The second-order valence-corrected chi connectivity index (χ2v) is 5.17. The van der Waals surface area contributed by atoms with Gasteiger partial charge in [0.15, 0.2) is 0 Å². The fraction of sp³-hybridized carbons (Fsp3) is 0.917. The normalized spacial score (nSPS) is 27.3.